The second-order valence-corrected chi connectivity index (χ2v) is 9.48. The van der Waals surface area contributed by atoms with Crippen LogP contribution >= 0.6 is 47.8 Å². The molecular weight excluding hydrogens is 594 g/mol. The number of unbranched alkanes of at least 4 members (excludes halogenated alkanes) is 3. The topological polar surface area (TPSA) is 22.4 Å². The smallest absolute Gasteiger partial charge is 0.158 e. The van der Waals surface area contributed by atoms with Gasteiger partial charge in [-0.2, -0.15) is 0 Å². The summed E-state index contributed by atoms with van der Waals surface area (Å²) in [5, 5.41) is 0. The molecule has 1 aromatic heterocycles. The summed E-state index contributed by atoms with van der Waals surface area (Å²) in [5.41, 5.74) is 0. The molecule has 0 radical (unpaired) electrons. The van der Waals surface area contributed by atoms with Crippen LogP contribution in [0.1, 0.15) is 31.4 Å². The minimum absolute atomic E-state index is 0. The van der Waals surface area contributed by atoms with E-state index < -0.39 is 0 Å². The van der Waals surface area contributed by atoms with Gasteiger partial charge in [0.25, 0.3) is 0 Å². The standard InChI is InChI=1S/C19H25Br3NO2.BrH/c1-23(2,14-16-8-7-11-24-16)9-5-3-4-6-10-25-19-17(21)12-15(20)13-18(19)22;/h7-8,11-13H,3-6,9-10,14H2,1-2H3;1H/q+1;/p-1. The second kappa shape index (κ2) is 11.9. The summed E-state index contributed by atoms with van der Waals surface area (Å²) in [4.78, 5) is 0. The number of rotatable bonds is 10. The van der Waals surface area contributed by atoms with Crippen LogP contribution in [0.3, 0.4) is 0 Å². The summed E-state index contributed by atoms with van der Waals surface area (Å²) in [6.45, 7) is 2.84. The van der Waals surface area contributed by atoms with E-state index in [0.29, 0.717) is 0 Å². The molecule has 1 heterocycles. The summed E-state index contributed by atoms with van der Waals surface area (Å²) in [7, 11) is 4.52. The Morgan fingerprint density at radius 3 is 2.27 bits per heavy atom. The fourth-order valence-electron chi connectivity index (χ4n) is 2.74. The third kappa shape index (κ3) is 8.46. The predicted molar refractivity (Wildman–Crippen MR) is 113 cm³/mol. The number of nitrogens with zero attached hydrogens (tertiary/aromatic N) is 1. The molecule has 0 aliphatic carbocycles. The molecule has 1 aromatic carbocycles. The maximum Gasteiger partial charge on any atom is 0.158 e. The highest BCUT2D eigenvalue weighted by molar-refractivity contribution is 9.11. The van der Waals surface area contributed by atoms with Crippen molar-refractivity contribution in [2.45, 2.75) is 32.2 Å². The van der Waals surface area contributed by atoms with Crippen LogP contribution in [-0.2, 0) is 6.54 Å². The van der Waals surface area contributed by atoms with E-state index in [1.807, 2.05) is 18.2 Å². The van der Waals surface area contributed by atoms with Gasteiger partial charge in [0.15, 0.2) is 5.76 Å². The van der Waals surface area contributed by atoms with Gasteiger partial charge < -0.3 is 30.6 Å². The van der Waals surface area contributed by atoms with Crippen molar-refractivity contribution in [3.63, 3.8) is 0 Å². The third-order valence-electron chi connectivity index (χ3n) is 4.03. The molecule has 0 aliphatic heterocycles. The zero-order valence-corrected chi connectivity index (χ0v) is 21.5. The van der Waals surface area contributed by atoms with Crippen LogP contribution < -0.4 is 21.7 Å². The van der Waals surface area contributed by atoms with Crippen molar-refractivity contribution in [2.24, 2.45) is 0 Å². The van der Waals surface area contributed by atoms with E-state index in [2.05, 4.69) is 68.0 Å². The largest absolute Gasteiger partial charge is 1.00 e. The van der Waals surface area contributed by atoms with Gasteiger partial charge in [0, 0.05) is 4.47 Å². The molecule has 7 heteroatoms. The molecule has 0 fully saturated rings. The molecule has 0 atom stereocenters. The van der Waals surface area contributed by atoms with Crippen molar-refractivity contribution in [3.05, 3.63) is 49.7 Å². The Bertz CT molecular complexity index is 637. The number of quaternary nitrogens is 1. The molecule has 0 saturated carbocycles. The van der Waals surface area contributed by atoms with Gasteiger partial charge >= 0.3 is 0 Å². The first-order chi connectivity index (χ1) is 11.9. The minimum Gasteiger partial charge on any atom is -1.00 e. The molecule has 0 spiro atoms. The molecule has 146 valence electrons. The van der Waals surface area contributed by atoms with Crippen molar-refractivity contribution in [2.75, 3.05) is 27.2 Å². The fourth-order valence-corrected chi connectivity index (χ4v) is 5.23. The van der Waals surface area contributed by atoms with Crippen LogP contribution in [0.15, 0.2) is 48.4 Å². The summed E-state index contributed by atoms with van der Waals surface area (Å²) in [5.74, 6) is 1.93. The van der Waals surface area contributed by atoms with Gasteiger partial charge in [-0.1, -0.05) is 15.9 Å². The maximum atomic E-state index is 5.91. The van der Waals surface area contributed by atoms with Gasteiger partial charge in [0.2, 0.25) is 0 Å². The molecule has 0 saturated heterocycles. The number of furan rings is 1. The van der Waals surface area contributed by atoms with Crippen LogP contribution in [0.5, 0.6) is 5.75 Å². The van der Waals surface area contributed by atoms with Gasteiger partial charge in [0.05, 0.1) is 42.5 Å². The summed E-state index contributed by atoms with van der Waals surface area (Å²) in [6.07, 6.45) is 6.45. The monoisotopic (exact) mass is 615 g/mol. The first kappa shape index (κ1) is 24.2. The van der Waals surface area contributed by atoms with Crippen LogP contribution in [-0.4, -0.2) is 31.7 Å². The highest BCUT2D eigenvalue weighted by atomic mass is 79.9. The molecule has 2 rings (SSSR count). The molecular formula is C19H25Br4NO2. The van der Waals surface area contributed by atoms with Crippen molar-refractivity contribution < 1.29 is 30.6 Å². The molecule has 0 amide bonds. The second-order valence-electron chi connectivity index (χ2n) is 6.86. The Balaban J connectivity index is 0.00000338. The normalized spacial score (nSPS) is 11.3. The number of halogens is 4. The van der Waals surface area contributed by atoms with Gasteiger partial charge in [0.1, 0.15) is 12.3 Å². The first-order valence-electron chi connectivity index (χ1n) is 8.49. The predicted octanol–water partition coefficient (Wildman–Crippen LogP) is 3.79. The molecule has 0 N–H and O–H groups in total. The van der Waals surface area contributed by atoms with E-state index >= 15 is 0 Å². The zero-order valence-electron chi connectivity index (χ0n) is 15.1. The van der Waals surface area contributed by atoms with E-state index in [9.17, 15) is 0 Å². The Kier molecular flexibility index (Phi) is 11.1. The average molecular weight is 619 g/mol. The van der Waals surface area contributed by atoms with Crippen molar-refractivity contribution in [1.82, 2.24) is 0 Å². The zero-order chi connectivity index (χ0) is 18.3. The van der Waals surface area contributed by atoms with Gasteiger partial charge in [-0.25, -0.2) is 0 Å². The van der Waals surface area contributed by atoms with Crippen molar-refractivity contribution >= 4 is 47.8 Å². The molecule has 0 unspecified atom stereocenters. The summed E-state index contributed by atoms with van der Waals surface area (Å²) >= 11 is 10.6. The van der Waals surface area contributed by atoms with E-state index in [1.165, 1.54) is 19.3 Å². The number of hydrogen-bond donors (Lipinski definition) is 0. The molecule has 0 bridgehead atoms. The fraction of sp³-hybridized carbons (Fsp3) is 0.474. The lowest BCUT2D eigenvalue weighted by Gasteiger charge is -2.28. The Hall–Kier alpha value is 0.180. The lowest BCUT2D eigenvalue weighted by atomic mass is 10.2. The number of benzene rings is 1. The van der Waals surface area contributed by atoms with Crippen LogP contribution in [0.4, 0.5) is 0 Å². The quantitative estimate of drug-likeness (QED) is 0.299. The minimum atomic E-state index is 0. The molecule has 0 aliphatic rings. The van der Waals surface area contributed by atoms with Gasteiger partial charge in [-0.05, 0) is 81.8 Å². The molecule has 3 nitrogen and oxygen atoms in total. The maximum absolute atomic E-state index is 5.91. The average Bonchev–Trinajstić information content (AvgIpc) is 3.00. The van der Waals surface area contributed by atoms with Crippen LogP contribution in [0, 0.1) is 0 Å². The van der Waals surface area contributed by atoms with E-state index in [4.69, 9.17) is 9.15 Å². The SMILES string of the molecule is C[N+](C)(CCCCCCOc1c(Br)cc(Br)cc1Br)Cc1ccco1.[Br-]. The summed E-state index contributed by atoms with van der Waals surface area (Å²) in [6, 6.07) is 8.01. The highest BCUT2D eigenvalue weighted by Crippen LogP contribution is 2.36. The van der Waals surface area contributed by atoms with E-state index in [-0.39, 0.29) is 17.0 Å². The van der Waals surface area contributed by atoms with Crippen molar-refractivity contribution in [1.29, 1.82) is 0 Å². The Labute approximate surface area is 192 Å². The van der Waals surface area contributed by atoms with E-state index in [0.717, 1.165) is 55.5 Å². The summed E-state index contributed by atoms with van der Waals surface area (Å²) < 4.78 is 15.3. The Morgan fingerprint density at radius 1 is 1.00 bits per heavy atom. The number of hydrogen-bond acceptors (Lipinski definition) is 2. The van der Waals surface area contributed by atoms with E-state index in [1.54, 1.807) is 6.26 Å². The van der Waals surface area contributed by atoms with Gasteiger partial charge in [-0.3, -0.25) is 0 Å². The first-order valence-corrected chi connectivity index (χ1v) is 10.9. The third-order valence-corrected chi connectivity index (χ3v) is 5.67. The lowest BCUT2D eigenvalue weighted by Crippen LogP contribution is -3.00. The molecule has 26 heavy (non-hydrogen) atoms. The lowest BCUT2D eigenvalue weighted by molar-refractivity contribution is -0.904. The van der Waals surface area contributed by atoms with Crippen LogP contribution in [0.25, 0.3) is 0 Å². The van der Waals surface area contributed by atoms with Crippen molar-refractivity contribution in [3.8, 4) is 5.75 Å². The van der Waals surface area contributed by atoms with Gasteiger partial charge in [-0.15, -0.1) is 0 Å². The highest BCUT2D eigenvalue weighted by Gasteiger charge is 2.16. The van der Waals surface area contributed by atoms with Crippen LogP contribution in [0.2, 0.25) is 0 Å². The number of ether oxygens (including phenoxy) is 1. The molecule has 2 aromatic rings. The Morgan fingerprint density at radius 2 is 1.65 bits per heavy atom.